The third-order valence-corrected chi connectivity index (χ3v) is 4.75. The lowest BCUT2D eigenvalue weighted by molar-refractivity contribution is -0.384. The molecule has 148 valence electrons. The molecule has 0 saturated heterocycles. The highest BCUT2D eigenvalue weighted by Gasteiger charge is 2.14. The predicted molar refractivity (Wildman–Crippen MR) is 111 cm³/mol. The molecule has 0 spiro atoms. The summed E-state index contributed by atoms with van der Waals surface area (Å²) < 4.78 is 5.16. The minimum atomic E-state index is -0.532. The monoisotopic (exact) mass is 410 g/mol. The minimum absolute atomic E-state index is 0.0452. The summed E-state index contributed by atoms with van der Waals surface area (Å²) in [6, 6.07) is 15.6. The molecule has 0 aliphatic carbocycles. The molecule has 0 unspecified atom stereocenters. The Kier molecular flexibility index (Phi) is 6.40. The van der Waals surface area contributed by atoms with E-state index in [9.17, 15) is 14.9 Å². The number of aromatic nitrogens is 2. The number of methoxy groups -OCH3 is 1. The first-order valence-electron chi connectivity index (χ1n) is 8.62. The number of anilines is 1. The lowest BCUT2D eigenvalue weighted by Gasteiger charge is -2.10. The van der Waals surface area contributed by atoms with Gasteiger partial charge in [-0.05, 0) is 19.1 Å². The number of carbonyl (C=O) groups excluding carboxylic acids is 1. The van der Waals surface area contributed by atoms with Crippen molar-refractivity contribution in [2.45, 2.75) is 12.1 Å². The van der Waals surface area contributed by atoms with Gasteiger partial charge in [-0.2, -0.15) is 0 Å². The zero-order valence-electron chi connectivity index (χ0n) is 15.8. The maximum absolute atomic E-state index is 12.4. The average Bonchev–Trinajstić information content (AvgIpc) is 2.72. The van der Waals surface area contributed by atoms with E-state index in [0.29, 0.717) is 10.9 Å². The van der Waals surface area contributed by atoms with Crippen molar-refractivity contribution >= 4 is 29.0 Å². The van der Waals surface area contributed by atoms with Gasteiger partial charge in [0.2, 0.25) is 5.91 Å². The molecule has 0 bridgehead atoms. The Balaban J connectivity index is 1.71. The molecule has 1 amide bonds. The summed E-state index contributed by atoms with van der Waals surface area (Å²) in [5, 5.41) is 14.1. The van der Waals surface area contributed by atoms with Gasteiger partial charge in [0.15, 0.2) is 5.16 Å². The van der Waals surface area contributed by atoms with Gasteiger partial charge in [-0.3, -0.25) is 14.9 Å². The number of carbonyl (C=O) groups is 1. The van der Waals surface area contributed by atoms with Crippen molar-refractivity contribution in [3.8, 4) is 17.0 Å². The van der Waals surface area contributed by atoms with Crippen LogP contribution in [0.5, 0.6) is 5.75 Å². The van der Waals surface area contributed by atoms with Crippen LogP contribution in [0.4, 0.5) is 11.4 Å². The van der Waals surface area contributed by atoms with Gasteiger partial charge in [-0.1, -0.05) is 42.1 Å². The van der Waals surface area contributed by atoms with Gasteiger partial charge in [0.1, 0.15) is 5.75 Å². The highest BCUT2D eigenvalue weighted by molar-refractivity contribution is 7.99. The van der Waals surface area contributed by atoms with Crippen molar-refractivity contribution < 1.29 is 14.5 Å². The van der Waals surface area contributed by atoms with Gasteiger partial charge in [0, 0.05) is 23.4 Å². The number of nitrogens with zero attached hydrogens (tertiary/aromatic N) is 3. The Morgan fingerprint density at radius 1 is 1.17 bits per heavy atom. The van der Waals surface area contributed by atoms with Crippen LogP contribution in [0.25, 0.3) is 11.3 Å². The van der Waals surface area contributed by atoms with E-state index in [0.717, 1.165) is 17.0 Å². The molecule has 1 heterocycles. The molecule has 9 heteroatoms. The Bertz CT molecular complexity index is 1040. The number of aryl methyl sites for hydroxylation is 1. The molecular formula is C20H18N4O4S. The van der Waals surface area contributed by atoms with Crippen LogP contribution >= 0.6 is 11.8 Å². The number of amides is 1. The number of non-ortho nitro benzene ring substituents is 1. The maximum Gasteiger partial charge on any atom is 0.271 e. The fraction of sp³-hybridized carbons (Fsp3) is 0.150. The Morgan fingerprint density at radius 3 is 2.62 bits per heavy atom. The number of nitrogens with one attached hydrogen (secondary N) is 1. The maximum atomic E-state index is 12.4. The number of rotatable bonds is 7. The topological polar surface area (TPSA) is 107 Å². The smallest absolute Gasteiger partial charge is 0.271 e. The molecule has 1 aromatic heterocycles. The third-order valence-electron chi connectivity index (χ3n) is 3.90. The van der Waals surface area contributed by atoms with Crippen molar-refractivity contribution in [1.29, 1.82) is 0 Å². The van der Waals surface area contributed by atoms with Crippen molar-refractivity contribution in [3.63, 3.8) is 0 Å². The number of nitro groups is 1. The first-order valence-corrected chi connectivity index (χ1v) is 9.61. The van der Waals surface area contributed by atoms with Crippen LogP contribution in [0.3, 0.4) is 0 Å². The molecule has 0 saturated carbocycles. The first-order chi connectivity index (χ1) is 14.0. The summed E-state index contributed by atoms with van der Waals surface area (Å²) in [6.45, 7) is 1.87. The lowest BCUT2D eigenvalue weighted by atomic mass is 10.1. The van der Waals surface area contributed by atoms with Gasteiger partial charge in [0.05, 0.1) is 29.2 Å². The highest BCUT2D eigenvalue weighted by atomic mass is 32.2. The molecule has 3 rings (SSSR count). The van der Waals surface area contributed by atoms with E-state index in [1.807, 2.05) is 43.3 Å². The van der Waals surface area contributed by atoms with Crippen molar-refractivity contribution in [1.82, 2.24) is 9.97 Å². The van der Waals surface area contributed by atoms with Crippen molar-refractivity contribution in [2.24, 2.45) is 0 Å². The summed E-state index contributed by atoms with van der Waals surface area (Å²) >= 11 is 1.19. The fourth-order valence-corrected chi connectivity index (χ4v) is 3.29. The molecule has 29 heavy (non-hydrogen) atoms. The second kappa shape index (κ2) is 9.16. The number of hydrogen-bond acceptors (Lipinski definition) is 7. The van der Waals surface area contributed by atoms with Gasteiger partial charge < -0.3 is 10.1 Å². The molecule has 8 nitrogen and oxygen atoms in total. The zero-order chi connectivity index (χ0) is 20.8. The molecule has 2 aromatic carbocycles. The van der Waals surface area contributed by atoms with Crippen LogP contribution in [-0.2, 0) is 4.79 Å². The van der Waals surface area contributed by atoms with Crippen LogP contribution in [0, 0.1) is 17.0 Å². The van der Waals surface area contributed by atoms with E-state index in [1.54, 1.807) is 0 Å². The molecule has 3 aromatic rings. The summed E-state index contributed by atoms with van der Waals surface area (Å²) in [5.41, 5.74) is 2.64. The average molecular weight is 410 g/mol. The Labute approximate surface area is 171 Å². The summed E-state index contributed by atoms with van der Waals surface area (Å²) in [7, 11) is 1.43. The largest absolute Gasteiger partial charge is 0.495 e. The van der Waals surface area contributed by atoms with Crippen molar-refractivity contribution in [2.75, 3.05) is 18.2 Å². The number of nitro benzene ring substituents is 1. The fourth-order valence-electron chi connectivity index (χ4n) is 2.59. The van der Waals surface area contributed by atoms with Crippen molar-refractivity contribution in [3.05, 3.63) is 70.4 Å². The summed E-state index contributed by atoms with van der Waals surface area (Å²) in [6.07, 6.45) is 0. The van der Waals surface area contributed by atoms with Gasteiger partial charge in [-0.25, -0.2) is 9.97 Å². The second-order valence-corrected chi connectivity index (χ2v) is 6.96. The molecule has 1 N–H and O–H groups in total. The molecular weight excluding hydrogens is 392 g/mol. The standard InChI is InChI=1S/C20H18N4O4S/c1-13-10-16(14-6-4-3-5-7-14)23-20(21-13)29-12-19(25)22-17-11-15(24(26)27)8-9-18(17)28-2/h3-11H,12H2,1-2H3,(H,22,25). The number of thioether (sulfide) groups is 1. The highest BCUT2D eigenvalue weighted by Crippen LogP contribution is 2.29. The van der Waals surface area contributed by atoms with Gasteiger partial charge >= 0.3 is 0 Å². The minimum Gasteiger partial charge on any atom is -0.495 e. The quantitative estimate of drug-likeness (QED) is 0.270. The second-order valence-electron chi connectivity index (χ2n) is 6.02. The molecule has 0 aliphatic heterocycles. The predicted octanol–water partition coefficient (Wildman–Crippen LogP) is 4.10. The molecule has 0 fully saturated rings. The van der Waals surface area contributed by atoms with Crippen LogP contribution in [-0.4, -0.2) is 33.7 Å². The van der Waals surface area contributed by atoms with E-state index < -0.39 is 4.92 Å². The molecule has 0 atom stereocenters. The van der Waals surface area contributed by atoms with Gasteiger partial charge in [-0.15, -0.1) is 0 Å². The Morgan fingerprint density at radius 2 is 1.93 bits per heavy atom. The van der Waals surface area contributed by atoms with E-state index in [4.69, 9.17) is 4.74 Å². The third kappa shape index (κ3) is 5.29. The number of hydrogen-bond donors (Lipinski definition) is 1. The first kappa shape index (κ1) is 20.3. The summed E-state index contributed by atoms with van der Waals surface area (Å²) in [4.78, 5) is 31.7. The lowest BCUT2D eigenvalue weighted by Crippen LogP contribution is -2.15. The normalized spacial score (nSPS) is 10.4. The van der Waals surface area contributed by atoms with Crippen LogP contribution in [0.1, 0.15) is 5.69 Å². The van der Waals surface area contributed by atoms with Crippen LogP contribution in [0.15, 0.2) is 59.8 Å². The number of benzene rings is 2. The van der Waals surface area contributed by atoms with E-state index >= 15 is 0 Å². The van der Waals surface area contributed by atoms with E-state index in [-0.39, 0.29) is 23.0 Å². The summed E-state index contributed by atoms with van der Waals surface area (Å²) in [5.74, 6) is 0.0380. The van der Waals surface area contributed by atoms with Crippen LogP contribution in [0.2, 0.25) is 0 Å². The Hall–Kier alpha value is -3.46. The van der Waals surface area contributed by atoms with E-state index in [1.165, 1.54) is 37.1 Å². The van der Waals surface area contributed by atoms with Gasteiger partial charge in [0.25, 0.3) is 5.69 Å². The zero-order valence-corrected chi connectivity index (χ0v) is 16.6. The molecule has 0 aliphatic rings. The molecule has 0 radical (unpaired) electrons. The SMILES string of the molecule is COc1ccc([N+](=O)[O-])cc1NC(=O)CSc1nc(C)cc(-c2ccccc2)n1. The number of ether oxygens (including phenoxy) is 1. The van der Waals surface area contributed by atoms with E-state index in [2.05, 4.69) is 15.3 Å². The van der Waals surface area contributed by atoms with Crippen LogP contribution < -0.4 is 10.1 Å².